The fraction of sp³-hybridized carbons (Fsp3) is 0. The van der Waals surface area contributed by atoms with Gasteiger partial charge in [0.2, 0.25) is 0 Å². The molecule has 1 aliphatic rings. The molecule has 5 aromatic carbocycles. The van der Waals surface area contributed by atoms with E-state index in [0.717, 1.165) is 44.6 Å². The van der Waals surface area contributed by atoms with Crippen molar-refractivity contribution < 1.29 is 8.83 Å². The second kappa shape index (κ2) is 7.14. The van der Waals surface area contributed by atoms with Crippen molar-refractivity contribution in [2.45, 2.75) is 9.79 Å². The molecule has 0 spiro atoms. The maximum atomic E-state index is 6.50. The lowest BCUT2D eigenvalue weighted by atomic mass is 9.94. The maximum Gasteiger partial charge on any atom is 0.146 e. The Hall–Kier alpha value is -4.21. The Balaban J connectivity index is 1.31. The number of hydrogen-bond donors (Lipinski definition) is 0. The molecule has 2 nitrogen and oxygen atoms in total. The minimum atomic E-state index is 0.810. The molecule has 0 saturated heterocycles. The highest BCUT2D eigenvalue weighted by molar-refractivity contribution is 7.99. The lowest BCUT2D eigenvalue weighted by molar-refractivity contribution is 0.595. The van der Waals surface area contributed by atoms with Crippen molar-refractivity contribution in [3.05, 3.63) is 109 Å². The van der Waals surface area contributed by atoms with Gasteiger partial charge in [-0.25, -0.2) is 0 Å². The fourth-order valence-electron chi connectivity index (χ4n) is 5.36. The third kappa shape index (κ3) is 2.73. The Kier molecular flexibility index (Phi) is 3.91. The molecule has 8 rings (SSSR count). The Morgan fingerprint density at radius 2 is 1.14 bits per heavy atom. The largest absolute Gasteiger partial charge is 0.456 e. The Bertz CT molecular complexity index is 1940. The van der Waals surface area contributed by atoms with Gasteiger partial charge in [0.1, 0.15) is 22.7 Å². The molecule has 35 heavy (non-hydrogen) atoms. The maximum absolute atomic E-state index is 6.50. The van der Waals surface area contributed by atoms with Crippen LogP contribution in [-0.2, 0) is 0 Å². The number of hydrogen-bond acceptors (Lipinski definition) is 3. The minimum Gasteiger partial charge on any atom is -0.456 e. The highest BCUT2D eigenvalue weighted by Gasteiger charge is 2.21. The van der Waals surface area contributed by atoms with E-state index in [4.69, 9.17) is 8.83 Å². The van der Waals surface area contributed by atoms with Crippen LogP contribution in [0.4, 0.5) is 0 Å². The summed E-state index contributed by atoms with van der Waals surface area (Å²) >= 11 is 1.84. The van der Waals surface area contributed by atoms with Crippen molar-refractivity contribution in [1.82, 2.24) is 0 Å². The van der Waals surface area contributed by atoms with Crippen LogP contribution in [0.3, 0.4) is 0 Å². The number of benzene rings is 5. The molecule has 1 aliphatic heterocycles. The van der Waals surface area contributed by atoms with Gasteiger partial charge < -0.3 is 8.83 Å². The molecule has 0 amide bonds. The van der Waals surface area contributed by atoms with E-state index >= 15 is 0 Å². The van der Waals surface area contributed by atoms with Gasteiger partial charge in [-0.3, -0.25) is 0 Å². The first-order valence-corrected chi connectivity index (χ1v) is 12.5. The van der Waals surface area contributed by atoms with Gasteiger partial charge in [0, 0.05) is 31.5 Å². The zero-order chi connectivity index (χ0) is 22.9. The first-order valence-electron chi connectivity index (χ1n) is 11.7. The van der Waals surface area contributed by atoms with Crippen LogP contribution in [0.25, 0.3) is 66.5 Å². The Morgan fingerprint density at radius 1 is 0.429 bits per heavy atom. The van der Waals surface area contributed by atoms with Gasteiger partial charge in [-0.1, -0.05) is 78.5 Å². The predicted octanol–water partition coefficient (Wildman–Crippen LogP) is 9.80. The molecular formula is C32H18O2S. The molecule has 7 aromatic rings. The van der Waals surface area contributed by atoms with Crippen LogP contribution in [0.1, 0.15) is 0 Å². The highest BCUT2D eigenvalue weighted by atomic mass is 32.2. The van der Waals surface area contributed by atoms with Crippen LogP contribution in [0.2, 0.25) is 0 Å². The molecule has 0 saturated carbocycles. The third-order valence-corrected chi connectivity index (χ3v) is 8.08. The predicted molar refractivity (Wildman–Crippen MR) is 144 cm³/mol. The zero-order valence-electron chi connectivity index (χ0n) is 18.6. The standard InChI is InChI=1S/C32H18O2S/c1-3-13-26-19(7-1)24-11-6-12-25(32(24)34-26)28-17-16-27(33-28)20-15-18-30-31-22(20)9-5-10-23(31)21-8-2-4-14-29(21)35-30/h1-18H. The van der Waals surface area contributed by atoms with Crippen molar-refractivity contribution in [3.8, 4) is 33.8 Å². The summed E-state index contributed by atoms with van der Waals surface area (Å²) in [4.78, 5) is 2.59. The minimum absolute atomic E-state index is 0.810. The molecule has 0 fully saturated rings. The number of furan rings is 2. The van der Waals surface area contributed by atoms with Gasteiger partial charge >= 0.3 is 0 Å². The highest BCUT2D eigenvalue weighted by Crippen LogP contribution is 2.50. The Morgan fingerprint density at radius 3 is 2.09 bits per heavy atom. The van der Waals surface area contributed by atoms with Crippen LogP contribution in [0, 0.1) is 0 Å². The van der Waals surface area contributed by atoms with Crippen molar-refractivity contribution in [1.29, 1.82) is 0 Å². The average Bonchev–Trinajstić information content (AvgIpc) is 3.54. The van der Waals surface area contributed by atoms with Gasteiger partial charge in [-0.2, -0.15) is 0 Å². The second-order valence-corrected chi connectivity index (χ2v) is 9.97. The van der Waals surface area contributed by atoms with Crippen LogP contribution < -0.4 is 0 Å². The first kappa shape index (κ1) is 19.1. The summed E-state index contributed by atoms with van der Waals surface area (Å²) in [7, 11) is 0. The van der Waals surface area contributed by atoms with E-state index in [9.17, 15) is 0 Å². The quantitative estimate of drug-likeness (QED) is 0.254. The van der Waals surface area contributed by atoms with Crippen LogP contribution in [0.15, 0.2) is 128 Å². The van der Waals surface area contributed by atoms with Gasteiger partial charge in [-0.15, -0.1) is 0 Å². The van der Waals surface area contributed by atoms with Crippen LogP contribution in [0.5, 0.6) is 0 Å². The molecule has 3 heterocycles. The zero-order valence-corrected chi connectivity index (χ0v) is 19.4. The van der Waals surface area contributed by atoms with Crippen molar-refractivity contribution in [2.75, 3.05) is 0 Å². The molecule has 0 radical (unpaired) electrons. The van der Waals surface area contributed by atoms with Crippen molar-refractivity contribution in [3.63, 3.8) is 0 Å². The lowest BCUT2D eigenvalue weighted by Crippen LogP contribution is -1.93. The topological polar surface area (TPSA) is 26.3 Å². The molecular weight excluding hydrogens is 448 g/mol. The van der Waals surface area contributed by atoms with E-state index in [1.165, 1.54) is 31.7 Å². The molecule has 0 N–H and O–H groups in total. The second-order valence-electron chi connectivity index (χ2n) is 8.88. The van der Waals surface area contributed by atoms with Crippen LogP contribution in [-0.4, -0.2) is 0 Å². The lowest BCUT2D eigenvalue weighted by Gasteiger charge is -2.21. The van der Waals surface area contributed by atoms with E-state index < -0.39 is 0 Å². The normalized spacial score (nSPS) is 12.5. The third-order valence-electron chi connectivity index (χ3n) is 6.94. The Labute approximate surface area is 205 Å². The van der Waals surface area contributed by atoms with Crippen molar-refractivity contribution in [2.24, 2.45) is 0 Å². The van der Waals surface area contributed by atoms with E-state index in [1.54, 1.807) is 0 Å². The average molecular weight is 467 g/mol. The SMILES string of the molecule is c1ccc2c(c1)Sc1ccc(-c3ccc(-c4cccc5c4oc4ccccc45)o3)c3cccc-2c13. The van der Waals surface area contributed by atoms with Crippen molar-refractivity contribution >= 4 is 44.5 Å². The fourth-order valence-corrected chi connectivity index (χ4v) is 6.49. The van der Waals surface area contributed by atoms with Gasteiger partial charge in [-0.05, 0) is 59.0 Å². The van der Waals surface area contributed by atoms with E-state index in [1.807, 2.05) is 30.0 Å². The number of fused-ring (bicyclic) bond motifs is 5. The summed E-state index contributed by atoms with van der Waals surface area (Å²) in [6, 6.07) is 38.2. The van der Waals surface area contributed by atoms with Crippen LogP contribution >= 0.6 is 11.8 Å². The van der Waals surface area contributed by atoms with Gasteiger partial charge in [0.25, 0.3) is 0 Å². The number of para-hydroxylation sites is 2. The molecule has 0 aliphatic carbocycles. The molecule has 0 atom stereocenters. The molecule has 0 unspecified atom stereocenters. The molecule has 2 aromatic heterocycles. The first-order chi connectivity index (χ1) is 17.3. The van der Waals surface area contributed by atoms with Gasteiger partial charge in [0.15, 0.2) is 0 Å². The molecule has 164 valence electrons. The van der Waals surface area contributed by atoms with E-state index in [-0.39, 0.29) is 0 Å². The summed E-state index contributed by atoms with van der Waals surface area (Å²) < 4.78 is 12.7. The summed E-state index contributed by atoms with van der Waals surface area (Å²) in [5.74, 6) is 1.67. The van der Waals surface area contributed by atoms with Gasteiger partial charge in [0.05, 0.1) is 5.56 Å². The monoisotopic (exact) mass is 466 g/mol. The molecule has 0 bridgehead atoms. The van der Waals surface area contributed by atoms with E-state index in [0.29, 0.717) is 0 Å². The number of rotatable bonds is 2. The smallest absolute Gasteiger partial charge is 0.146 e. The molecule has 3 heteroatoms. The summed E-state index contributed by atoms with van der Waals surface area (Å²) in [6.07, 6.45) is 0. The summed E-state index contributed by atoms with van der Waals surface area (Å²) in [5.41, 5.74) is 6.41. The summed E-state index contributed by atoms with van der Waals surface area (Å²) in [6.45, 7) is 0. The summed E-state index contributed by atoms with van der Waals surface area (Å²) in [5, 5.41) is 4.74. The van der Waals surface area contributed by atoms with E-state index in [2.05, 4.69) is 91.0 Å².